The first-order valence-corrected chi connectivity index (χ1v) is 8.58. The zero-order valence-corrected chi connectivity index (χ0v) is 14.5. The monoisotopic (exact) mass is 331 g/mol. The zero-order chi connectivity index (χ0) is 17.2. The van der Waals surface area contributed by atoms with E-state index in [1.54, 1.807) is 6.20 Å². The molecule has 4 rings (SSSR count). The van der Waals surface area contributed by atoms with Gasteiger partial charge >= 0.3 is 0 Å². The van der Waals surface area contributed by atoms with Crippen LogP contribution in [0.1, 0.15) is 24.0 Å². The molecule has 2 heterocycles. The molecule has 5 heteroatoms. The summed E-state index contributed by atoms with van der Waals surface area (Å²) in [4.78, 5) is 13.5. The summed E-state index contributed by atoms with van der Waals surface area (Å²) >= 11 is 0. The summed E-state index contributed by atoms with van der Waals surface area (Å²) in [5.74, 6) is 1.45. The minimum Gasteiger partial charge on any atom is -0.351 e. The molecular formula is C20H21N5. The fourth-order valence-electron chi connectivity index (χ4n) is 2.67. The summed E-state index contributed by atoms with van der Waals surface area (Å²) in [7, 11) is 0. The summed E-state index contributed by atoms with van der Waals surface area (Å²) in [6.45, 7) is 4.23. The van der Waals surface area contributed by atoms with Crippen LogP contribution in [0, 0.1) is 13.8 Å². The van der Waals surface area contributed by atoms with Crippen LogP contribution >= 0.6 is 0 Å². The molecule has 3 aromatic rings. The summed E-state index contributed by atoms with van der Waals surface area (Å²) in [5.41, 5.74) is 5.38. The standard InChI is InChI=1S/C20H21N5/c1-13-5-3-7-17(14(13)2)23-19-11-18(15-6-4-10-21-12-15)24-20(25-19)22-16-8-9-16/h3-7,10-12,16H,8-9H2,1-2H3,(H2,22,23,24,25). The minimum absolute atomic E-state index is 0.498. The SMILES string of the molecule is Cc1cccc(Nc2cc(-c3cccnc3)nc(NC3CC3)n2)c1C. The number of hydrogen-bond acceptors (Lipinski definition) is 5. The lowest BCUT2D eigenvalue weighted by atomic mass is 10.1. The van der Waals surface area contributed by atoms with Crippen molar-refractivity contribution >= 4 is 17.5 Å². The van der Waals surface area contributed by atoms with Gasteiger partial charge in [-0.25, -0.2) is 4.98 Å². The highest BCUT2D eigenvalue weighted by molar-refractivity contribution is 5.68. The number of nitrogens with one attached hydrogen (secondary N) is 2. The van der Waals surface area contributed by atoms with Gasteiger partial charge in [0.25, 0.3) is 0 Å². The van der Waals surface area contributed by atoms with Gasteiger partial charge < -0.3 is 10.6 Å². The number of hydrogen-bond donors (Lipinski definition) is 2. The van der Waals surface area contributed by atoms with E-state index < -0.39 is 0 Å². The Morgan fingerprint density at radius 2 is 1.92 bits per heavy atom. The second kappa shape index (κ2) is 6.51. The third-order valence-corrected chi connectivity index (χ3v) is 4.46. The second-order valence-electron chi connectivity index (χ2n) is 6.49. The first-order valence-electron chi connectivity index (χ1n) is 8.58. The van der Waals surface area contributed by atoms with Crippen molar-refractivity contribution in [2.45, 2.75) is 32.7 Å². The van der Waals surface area contributed by atoms with Crippen LogP contribution in [-0.4, -0.2) is 21.0 Å². The maximum Gasteiger partial charge on any atom is 0.225 e. The fraction of sp³-hybridized carbons (Fsp3) is 0.250. The van der Waals surface area contributed by atoms with Crippen molar-refractivity contribution in [3.8, 4) is 11.3 Å². The Bertz CT molecular complexity index is 888. The molecule has 5 nitrogen and oxygen atoms in total. The van der Waals surface area contributed by atoms with E-state index in [9.17, 15) is 0 Å². The van der Waals surface area contributed by atoms with Crippen LogP contribution < -0.4 is 10.6 Å². The molecule has 1 aliphatic rings. The van der Waals surface area contributed by atoms with E-state index >= 15 is 0 Å². The molecule has 1 aliphatic carbocycles. The molecule has 0 aliphatic heterocycles. The Morgan fingerprint density at radius 3 is 2.68 bits per heavy atom. The molecule has 126 valence electrons. The van der Waals surface area contributed by atoms with Gasteiger partial charge in [-0.3, -0.25) is 4.98 Å². The largest absolute Gasteiger partial charge is 0.351 e. The predicted molar refractivity (Wildman–Crippen MR) is 101 cm³/mol. The van der Waals surface area contributed by atoms with Gasteiger partial charge in [0.2, 0.25) is 5.95 Å². The van der Waals surface area contributed by atoms with E-state index in [0.717, 1.165) is 22.8 Å². The van der Waals surface area contributed by atoms with Crippen LogP contribution in [0.3, 0.4) is 0 Å². The Morgan fingerprint density at radius 1 is 1.04 bits per heavy atom. The lowest BCUT2D eigenvalue weighted by Crippen LogP contribution is -2.08. The van der Waals surface area contributed by atoms with E-state index in [1.165, 1.54) is 24.0 Å². The molecule has 2 aromatic heterocycles. The third-order valence-electron chi connectivity index (χ3n) is 4.46. The normalized spacial score (nSPS) is 13.5. The molecular weight excluding hydrogens is 310 g/mol. The lowest BCUT2D eigenvalue weighted by Gasteiger charge is -2.13. The summed E-state index contributed by atoms with van der Waals surface area (Å²) < 4.78 is 0. The number of rotatable bonds is 5. The van der Waals surface area contributed by atoms with Gasteiger partial charge in [0, 0.05) is 35.8 Å². The molecule has 0 saturated heterocycles. The predicted octanol–water partition coefficient (Wildman–Crippen LogP) is 4.47. The molecule has 0 radical (unpaired) electrons. The Hall–Kier alpha value is -2.95. The van der Waals surface area contributed by atoms with Gasteiger partial charge in [0.15, 0.2) is 0 Å². The molecule has 1 saturated carbocycles. The summed E-state index contributed by atoms with van der Waals surface area (Å²) in [5, 5.41) is 6.84. The van der Waals surface area contributed by atoms with Crippen molar-refractivity contribution < 1.29 is 0 Å². The highest BCUT2D eigenvalue weighted by Gasteiger charge is 2.22. The van der Waals surface area contributed by atoms with Gasteiger partial charge in [-0.2, -0.15) is 4.98 Å². The molecule has 2 N–H and O–H groups in total. The number of pyridine rings is 1. The molecule has 0 bridgehead atoms. The first-order chi connectivity index (χ1) is 12.2. The van der Waals surface area contributed by atoms with Crippen LogP contribution in [-0.2, 0) is 0 Å². The van der Waals surface area contributed by atoms with E-state index in [2.05, 4.69) is 57.6 Å². The highest BCUT2D eigenvalue weighted by atomic mass is 15.2. The number of aromatic nitrogens is 3. The fourth-order valence-corrected chi connectivity index (χ4v) is 2.67. The molecule has 25 heavy (non-hydrogen) atoms. The second-order valence-corrected chi connectivity index (χ2v) is 6.49. The topological polar surface area (TPSA) is 62.7 Å². The Labute approximate surface area is 147 Å². The Kier molecular flexibility index (Phi) is 4.06. The van der Waals surface area contributed by atoms with Crippen LogP contribution in [0.5, 0.6) is 0 Å². The van der Waals surface area contributed by atoms with Crippen LogP contribution in [0.25, 0.3) is 11.3 Å². The Balaban J connectivity index is 1.71. The van der Waals surface area contributed by atoms with Gasteiger partial charge in [-0.15, -0.1) is 0 Å². The smallest absolute Gasteiger partial charge is 0.225 e. The minimum atomic E-state index is 0.498. The van der Waals surface area contributed by atoms with Crippen molar-refractivity contribution in [1.82, 2.24) is 15.0 Å². The van der Waals surface area contributed by atoms with Crippen molar-refractivity contribution in [2.24, 2.45) is 0 Å². The average Bonchev–Trinajstić information content (AvgIpc) is 3.43. The molecule has 0 spiro atoms. The quantitative estimate of drug-likeness (QED) is 0.722. The molecule has 0 amide bonds. The maximum absolute atomic E-state index is 4.66. The summed E-state index contributed by atoms with van der Waals surface area (Å²) in [6, 6.07) is 12.6. The van der Waals surface area contributed by atoms with Crippen molar-refractivity contribution in [1.29, 1.82) is 0 Å². The maximum atomic E-state index is 4.66. The van der Waals surface area contributed by atoms with Crippen LogP contribution in [0.15, 0.2) is 48.8 Å². The third kappa shape index (κ3) is 3.60. The van der Waals surface area contributed by atoms with E-state index in [0.29, 0.717) is 12.0 Å². The zero-order valence-electron chi connectivity index (χ0n) is 14.5. The van der Waals surface area contributed by atoms with Crippen molar-refractivity contribution in [3.63, 3.8) is 0 Å². The lowest BCUT2D eigenvalue weighted by molar-refractivity contribution is 1.06. The van der Waals surface area contributed by atoms with Crippen LogP contribution in [0.4, 0.5) is 17.5 Å². The number of nitrogens with zero attached hydrogens (tertiary/aromatic N) is 3. The van der Waals surface area contributed by atoms with E-state index in [-0.39, 0.29) is 0 Å². The average molecular weight is 331 g/mol. The molecule has 0 unspecified atom stereocenters. The van der Waals surface area contributed by atoms with Crippen molar-refractivity contribution in [2.75, 3.05) is 10.6 Å². The molecule has 0 atom stereocenters. The molecule has 1 fully saturated rings. The van der Waals surface area contributed by atoms with Gasteiger partial charge in [-0.1, -0.05) is 12.1 Å². The summed E-state index contributed by atoms with van der Waals surface area (Å²) in [6.07, 6.45) is 5.95. The van der Waals surface area contributed by atoms with Gasteiger partial charge in [-0.05, 0) is 56.0 Å². The molecule has 1 aromatic carbocycles. The first kappa shape index (κ1) is 15.6. The van der Waals surface area contributed by atoms with E-state index in [4.69, 9.17) is 0 Å². The number of anilines is 3. The number of benzene rings is 1. The van der Waals surface area contributed by atoms with Crippen LogP contribution in [0.2, 0.25) is 0 Å². The van der Waals surface area contributed by atoms with E-state index in [1.807, 2.05) is 24.4 Å². The van der Waals surface area contributed by atoms with Gasteiger partial charge in [0.1, 0.15) is 5.82 Å². The highest BCUT2D eigenvalue weighted by Crippen LogP contribution is 2.28. The van der Waals surface area contributed by atoms with Gasteiger partial charge in [0.05, 0.1) is 5.69 Å². The van der Waals surface area contributed by atoms with Crippen molar-refractivity contribution in [3.05, 3.63) is 59.9 Å². The number of aryl methyl sites for hydroxylation is 1.